The molecule has 5 atom stereocenters. The first-order valence-electron chi connectivity index (χ1n) is 13.4. The molecule has 36 heavy (non-hydrogen) atoms. The van der Waals surface area contributed by atoms with Crippen LogP contribution in [0.3, 0.4) is 0 Å². The van der Waals surface area contributed by atoms with Gasteiger partial charge in [-0.1, -0.05) is 31.0 Å². The maximum Gasteiger partial charge on any atom is 0.272 e. The summed E-state index contributed by atoms with van der Waals surface area (Å²) in [4.78, 5) is 16.6. The van der Waals surface area contributed by atoms with Crippen molar-refractivity contribution in [2.24, 2.45) is 5.10 Å². The zero-order chi connectivity index (χ0) is 24.2. The predicted molar refractivity (Wildman–Crippen MR) is 130 cm³/mol. The van der Waals surface area contributed by atoms with Crippen molar-refractivity contribution in [3.63, 3.8) is 0 Å². The quantitative estimate of drug-likeness (QED) is 0.495. The molecule has 3 saturated heterocycles. The first kappa shape index (κ1) is 22.9. The van der Waals surface area contributed by atoms with Gasteiger partial charge in [-0.3, -0.25) is 4.79 Å². The van der Waals surface area contributed by atoms with E-state index in [1.165, 1.54) is 12.8 Å². The largest absolute Gasteiger partial charge is 0.361 e. The van der Waals surface area contributed by atoms with E-state index in [-0.39, 0.29) is 5.91 Å². The second-order valence-electron chi connectivity index (χ2n) is 10.8. The fourth-order valence-corrected chi connectivity index (χ4v) is 6.60. The monoisotopic (exact) mass is 495 g/mol. The SMILES string of the molecule is O=C(N/N=C\c1c[nH]c2ccccc12)[C@H]1O[C@@H]2OC3(CCCCC3)O[C@@H]2[C@H]2OC3(CCCCC3)O[C@H]21. The predicted octanol–water partition coefficient (Wildman–Crippen LogP) is 3.86. The van der Waals surface area contributed by atoms with Gasteiger partial charge in [-0.2, -0.15) is 5.10 Å². The van der Waals surface area contributed by atoms with Crippen LogP contribution in [0, 0.1) is 0 Å². The van der Waals surface area contributed by atoms with Crippen molar-refractivity contribution in [2.75, 3.05) is 0 Å². The molecule has 192 valence electrons. The van der Waals surface area contributed by atoms with Crippen LogP contribution in [0.25, 0.3) is 10.9 Å². The highest BCUT2D eigenvalue weighted by atomic mass is 16.9. The Morgan fingerprint density at radius 3 is 2.33 bits per heavy atom. The van der Waals surface area contributed by atoms with Crippen LogP contribution in [-0.4, -0.2) is 59.4 Å². The Hall–Kier alpha value is -2.30. The highest BCUT2D eigenvalue weighted by Gasteiger charge is 2.65. The van der Waals surface area contributed by atoms with Gasteiger partial charge in [-0.25, -0.2) is 5.43 Å². The number of hydrogen-bond acceptors (Lipinski definition) is 7. The lowest BCUT2D eigenvalue weighted by Gasteiger charge is -2.36. The molecule has 2 aromatic rings. The smallest absolute Gasteiger partial charge is 0.272 e. The number of amides is 1. The Kier molecular flexibility index (Phi) is 5.66. The summed E-state index contributed by atoms with van der Waals surface area (Å²) in [5, 5.41) is 5.27. The van der Waals surface area contributed by atoms with E-state index in [2.05, 4.69) is 15.5 Å². The second-order valence-corrected chi connectivity index (χ2v) is 10.8. The van der Waals surface area contributed by atoms with Crippen LogP contribution >= 0.6 is 0 Å². The van der Waals surface area contributed by atoms with E-state index in [9.17, 15) is 4.79 Å². The minimum atomic E-state index is -0.903. The molecule has 1 aromatic carbocycles. The van der Waals surface area contributed by atoms with E-state index in [1.54, 1.807) is 6.21 Å². The summed E-state index contributed by atoms with van der Waals surface area (Å²) in [7, 11) is 0. The molecule has 5 fully saturated rings. The molecule has 2 aliphatic carbocycles. The zero-order valence-corrected chi connectivity index (χ0v) is 20.3. The van der Waals surface area contributed by atoms with Crippen LogP contribution in [0.15, 0.2) is 35.6 Å². The Morgan fingerprint density at radius 1 is 0.889 bits per heavy atom. The summed E-state index contributed by atoms with van der Waals surface area (Å²) >= 11 is 0. The van der Waals surface area contributed by atoms with Crippen molar-refractivity contribution in [3.05, 3.63) is 36.0 Å². The van der Waals surface area contributed by atoms with Crippen molar-refractivity contribution < 1.29 is 28.5 Å². The van der Waals surface area contributed by atoms with Gasteiger partial charge in [0.15, 0.2) is 24.0 Å². The molecule has 3 aliphatic heterocycles. The number of benzene rings is 1. The van der Waals surface area contributed by atoms with E-state index in [1.807, 2.05) is 30.5 Å². The van der Waals surface area contributed by atoms with Gasteiger partial charge in [0.05, 0.1) is 6.21 Å². The summed E-state index contributed by atoms with van der Waals surface area (Å²) < 4.78 is 32.3. The number of nitrogens with one attached hydrogen (secondary N) is 2. The van der Waals surface area contributed by atoms with Crippen molar-refractivity contribution >= 4 is 23.0 Å². The zero-order valence-electron chi connectivity index (χ0n) is 20.3. The summed E-state index contributed by atoms with van der Waals surface area (Å²) in [5.41, 5.74) is 4.57. The van der Waals surface area contributed by atoms with Crippen molar-refractivity contribution in [1.82, 2.24) is 10.4 Å². The third kappa shape index (κ3) is 3.88. The minimum absolute atomic E-state index is 0.371. The van der Waals surface area contributed by atoms with Crippen molar-refractivity contribution in [1.29, 1.82) is 0 Å². The molecule has 0 unspecified atom stereocenters. The van der Waals surface area contributed by atoms with Gasteiger partial charge in [0.25, 0.3) is 5.91 Å². The van der Waals surface area contributed by atoms with E-state index in [4.69, 9.17) is 23.7 Å². The summed E-state index contributed by atoms with van der Waals surface area (Å²) in [5.74, 6) is -1.70. The molecule has 1 amide bonds. The maximum atomic E-state index is 13.4. The molecule has 1 aromatic heterocycles. The summed E-state index contributed by atoms with van der Waals surface area (Å²) in [6.45, 7) is 0. The number of hydrogen-bond donors (Lipinski definition) is 2. The van der Waals surface area contributed by atoms with Crippen LogP contribution in [-0.2, 0) is 28.5 Å². The van der Waals surface area contributed by atoms with Crippen LogP contribution in [0.5, 0.6) is 0 Å². The van der Waals surface area contributed by atoms with Gasteiger partial charge >= 0.3 is 0 Å². The fourth-order valence-electron chi connectivity index (χ4n) is 6.60. The molecule has 9 heteroatoms. The summed E-state index contributed by atoms with van der Waals surface area (Å²) in [6.07, 6.45) is 10.4. The van der Waals surface area contributed by atoms with E-state index >= 15 is 0 Å². The number of hydrazone groups is 1. The lowest BCUT2D eigenvalue weighted by atomic mass is 9.94. The molecule has 2 saturated carbocycles. The third-order valence-electron chi connectivity index (χ3n) is 8.37. The van der Waals surface area contributed by atoms with Gasteiger partial charge in [-0.05, 0) is 31.7 Å². The van der Waals surface area contributed by atoms with E-state index < -0.39 is 42.3 Å². The topological polar surface area (TPSA) is 103 Å². The molecule has 2 spiro atoms. The maximum absolute atomic E-state index is 13.4. The van der Waals surface area contributed by atoms with Crippen LogP contribution < -0.4 is 5.43 Å². The molecule has 0 bridgehead atoms. The number of carbonyl (C=O) groups is 1. The van der Waals surface area contributed by atoms with Gasteiger partial charge in [0.1, 0.15) is 18.3 Å². The Bertz CT molecular complexity index is 1150. The third-order valence-corrected chi connectivity index (χ3v) is 8.37. The van der Waals surface area contributed by atoms with Crippen LogP contribution in [0.4, 0.5) is 0 Å². The Balaban J connectivity index is 1.12. The van der Waals surface area contributed by atoms with Crippen LogP contribution in [0.1, 0.15) is 69.8 Å². The first-order valence-corrected chi connectivity index (χ1v) is 13.4. The fraction of sp³-hybridized carbons (Fsp3) is 0.630. The lowest BCUT2D eigenvalue weighted by molar-refractivity contribution is -0.247. The Morgan fingerprint density at radius 2 is 1.56 bits per heavy atom. The highest BCUT2D eigenvalue weighted by molar-refractivity contribution is 5.99. The number of aromatic amines is 1. The lowest BCUT2D eigenvalue weighted by Crippen LogP contribution is -2.59. The van der Waals surface area contributed by atoms with Crippen molar-refractivity contribution in [3.8, 4) is 0 Å². The molecule has 7 rings (SSSR count). The first-order chi connectivity index (χ1) is 17.6. The molecule has 9 nitrogen and oxygen atoms in total. The molecule has 2 N–H and O–H groups in total. The minimum Gasteiger partial charge on any atom is -0.361 e. The standard InChI is InChI=1S/C27H33N3O6/c31-24(30-29-16-17-15-28-19-10-4-3-9-18(17)19)22-20-21(34-26(33-20)11-5-1-6-12-26)23-25(32-22)36-27(35-23)13-7-2-8-14-27/h3-4,9-10,15-16,20-23,25,28H,1-2,5-8,11-14H2,(H,30,31)/b29-16-/t20-,21+,22+,23-,25-/m1/s1. The number of rotatable bonds is 3. The molecule has 5 aliphatic rings. The number of carbonyl (C=O) groups excluding carboxylic acids is 1. The molecular weight excluding hydrogens is 462 g/mol. The number of fused-ring (bicyclic) bond motifs is 4. The summed E-state index contributed by atoms with van der Waals surface area (Å²) in [6, 6.07) is 7.95. The second kappa shape index (κ2) is 8.92. The number of nitrogens with zero attached hydrogens (tertiary/aromatic N) is 1. The number of ether oxygens (including phenoxy) is 5. The van der Waals surface area contributed by atoms with Crippen LogP contribution in [0.2, 0.25) is 0 Å². The molecule has 4 heterocycles. The average Bonchev–Trinajstić information content (AvgIpc) is 3.58. The van der Waals surface area contributed by atoms with Gasteiger partial charge in [0.2, 0.25) is 0 Å². The molecule has 0 radical (unpaired) electrons. The molecular formula is C27H33N3O6. The Labute approximate surface area is 209 Å². The number of H-pyrrole nitrogens is 1. The van der Waals surface area contributed by atoms with Gasteiger partial charge < -0.3 is 28.7 Å². The van der Waals surface area contributed by atoms with Gasteiger partial charge in [-0.15, -0.1) is 0 Å². The number of aromatic nitrogens is 1. The van der Waals surface area contributed by atoms with E-state index in [0.717, 1.165) is 67.8 Å². The normalized spacial score (nSPS) is 34.8. The van der Waals surface area contributed by atoms with E-state index in [0.29, 0.717) is 0 Å². The number of para-hydroxylation sites is 1. The highest BCUT2D eigenvalue weighted by Crippen LogP contribution is 2.50. The van der Waals surface area contributed by atoms with Gasteiger partial charge in [0, 0.05) is 48.3 Å². The van der Waals surface area contributed by atoms with Crippen molar-refractivity contribution in [2.45, 2.75) is 106 Å². The average molecular weight is 496 g/mol.